The summed E-state index contributed by atoms with van der Waals surface area (Å²) in [5.74, 6) is 0.106. The highest BCUT2D eigenvalue weighted by Gasteiger charge is 2.41. The minimum Gasteiger partial charge on any atom is -0.358 e. The minimum atomic E-state index is -0.333. The third-order valence-electron chi connectivity index (χ3n) is 5.56. The van der Waals surface area contributed by atoms with Gasteiger partial charge < -0.3 is 5.32 Å². The number of benzene rings is 2. The molecule has 2 aliphatic rings. The fourth-order valence-electron chi connectivity index (χ4n) is 4.20. The third-order valence-corrected chi connectivity index (χ3v) is 5.56. The molecule has 1 aliphatic heterocycles. The lowest BCUT2D eigenvalue weighted by Crippen LogP contribution is -2.27. The maximum atomic E-state index is 13.2. The number of hydrogen-bond acceptors (Lipinski definition) is 3. The van der Waals surface area contributed by atoms with Gasteiger partial charge in [0.05, 0.1) is 5.70 Å². The van der Waals surface area contributed by atoms with Crippen molar-refractivity contribution in [2.75, 3.05) is 0 Å². The fourth-order valence-corrected chi connectivity index (χ4v) is 4.20. The van der Waals surface area contributed by atoms with Gasteiger partial charge in [-0.15, -0.1) is 0 Å². The second kappa shape index (κ2) is 6.34. The summed E-state index contributed by atoms with van der Waals surface area (Å²) < 4.78 is 0. The molecule has 0 aromatic heterocycles. The van der Waals surface area contributed by atoms with E-state index in [4.69, 9.17) is 0 Å². The monoisotopic (exact) mass is 357 g/mol. The average molecular weight is 357 g/mol. The predicted molar refractivity (Wildman–Crippen MR) is 107 cm³/mol. The number of carbonyl (C=O) groups is 2. The fraction of sp³-hybridized carbons (Fsp3) is 0.250. The summed E-state index contributed by atoms with van der Waals surface area (Å²) >= 11 is 0. The van der Waals surface area contributed by atoms with E-state index in [9.17, 15) is 9.59 Å². The first-order chi connectivity index (χ1) is 12.9. The predicted octanol–water partition coefficient (Wildman–Crippen LogP) is 4.97. The van der Waals surface area contributed by atoms with Crippen LogP contribution in [0.4, 0.5) is 0 Å². The number of nitrogens with one attached hydrogen (secondary N) is 1. The molecule has 27 heavy (non-hydrogen) atoms. The number of hydrogen-bond donors (Lipinski definition) is 1. The highest BCUT2D eigenvalue weighted by atomic mass is 16.1. The molecule has 0 unspecified atom stereocenters. The van der Waals surface area contributed by atoms with Gasteiger partial charge in [-0.2, -0.15) is 0 Å². The number of rotatable bonds is 3. The molecule has 0 radical (unpaired) electrons. The highest BCUT2D eigenvalue weighted by molar-refractivity contribution is 6.23. The first-order valence-electron chi connectivity index (χ1n) is 9.37. The summed E-state index contributed by atoms with van der Waals surface area (Å²) in [6, 6.07) is 16.0. The van der Waals surface area contributed by atoms with Gasteiger partial charge in [-0.25, -0.2) is 0 Å². The normalized spacial score (nSPS) is 18.6. The third kappa shape index (κ3) is 2.66. The zero-order valence-corrected chi connectivity index (χ0v) is 16.1. The SMILES string of the molecule is CC(=O)C1=C(C)NC2=C(C(=O)c3ccccc32)[C@@H]1c1ccc(C(C)C)cc1. The van der Waals surface area contributed by atoms with Gasteiger partial charge in [-0.1, -0.05) is 62.4 Å². The van der Waals surface area contributed by atoms with Crippen LogP contribution in [-0.4, -0.2) is 11.6 Å². The summed E-state index contributed by atoms with van der Waals surface area (Å²) in [4.78, 5) is 25.7. The molecular formula is C24H23NO2. The van der Waals surface area contributed by atoms with Crippen LogP contribution in [0.5, 0.6) is 0 Å². The van der Waals surface area contributed by atoms with Crippen LogP contribution in [0.3, 0.4) is 0 Å². The average Bonchev–Trinajstić information content (AvgIpc) is 2.93. The van der Waals surface area contributed by atoms with Crippen molar-refractivity contribution < 1.29 is 9.59 Å². The van der Waals surface area contributed by atoms with E-state index < -0.39 is 0 Å². The summed E-state index contributed by atoms with van der Waals surface area (Å²) in [5.41, 5.74) is 6.88. The van der Waals surface area contributed by atoms with Crippen LogP contribution >= 0.6 is 0 Å². The molecule has 136 valence electrons. The summed E-state index contributed by atoms with van der Waals surface area (Å²) in [6.07, 6.45) is 0. The van der Waals surface area contributed by atoms with Gasteiger partial charge in [-0.3, -0.25) is 9.59 Å². The van der Waals surface area contributed by atoms with Crippen LogP contribution in [0.1, 0.15) is 66.6 Å². The van der Waals surface area contributed by atoms with E-state index in [-0.39, 0.29) is 17.5 Å². The topological polar surface area (TPSA) is 46.2 Å². The molecule has 0 amide bonds. The van der Waals surface area contributed by atoms with Crippen LogP contribution in [0.2, 0.25) is 0 Å². The zero-order chi connectivity index (χ0) is 19.3. The van der Waals surface area contributed by atoms with Crippen molar-refractivity contribution in [2.45, 2.75) is 39.5 Å². The molecule has 2 aromatic rings. The zero-order valence-electron chi connectivity index (χ0n) is 16.1. The van der Waals surface area contributed by atoms with E-state index in [0.717, 1.165) is 22.5 Å². The lowest BCUT2D eigenvalue weighted by atomic mass is 9.78. The van der Waals surface area contributed by atoms with E-state index in [1.54, 1.807) is 6.92 Å². The molecule has 0 saturated heterocycles. The van der Waals surface area contributed by atoms with Crippen LogP contribution in [-0.2, 0) is 4.79 Å². The number of carbonyl (C=O) groups excluding carboxylic acids is 2. The van der Waals surface area contributed by atoms with Gasteiger partial charge in [-0.05, 0) is 30.9 Å². The van der Waals surface area contributed by atoms with Crippen molar-refractivity contribution in [1.29, 1.82) is 0 Å². The summed E-state index contributed by atoms with van der Waals surface area (Å²) in [6.45, 7) is 7.81. The molecule has 1 heterocycles. The number of dihydropyridines is 1. The molecule has 2 aromatic carbocycles. The second-order valence-corrected chi connectivity index (χ2v) is 7.64. The Bertz CT molecular complexity index is 1020. The first-order valence-corrected chi connectivity index (χ1v) is 9.37. The Kier molecular flexibility index (Phi) is 4.11. The lowest BCUT2D eigenvalue weighted by molar-refractivity contribution is -0.113. The number of fused-ring (bicyclic) bond motifs is 2. The molecule has 0 fully saturated rings. The molecular weight excluding hydrogens is 334 g/mol. The van der Waals surface area contributed by atoms with Gasteiger partial charge >= 0.3 is 0 Å². The Morgan fingerprint density at radius 2 is 1.63 bits per heavy atom. The van der Waals surface area contributed by atoms with E-state index >= 15 is 0 Å². The molecule has 1 N–H and O–H groups in total. The van der Waals surface area contributed by atoms with Gasteiger partial charge in [0, 0.05) is 33.9 Å². The molecule has 3 nitrogen and oxygen atoms in total. The molecule has 0 spiro atoms. The Balaban J connectivity index is 1.91. The van der Waals surface area contributed by atoms with E-state index in [1.165, 1.54) is 5.56 Å². The molecule has 4 rings (SSSR count). The van der Waals surface area contributed by atoms with Crippen LogP contribution in [0.15, 0.2) is 65.4 Å². The summed E-state index contributed by atoms with van der Waals surface area (Å²) in [7, 11) is 0. The Morgan fingerprint density at radius 3 is 2.22 bits per heavy atom. The van der Waals surface area contributed by atoms with E-state index in [2.05, 4.69) is 43.4 Å². The van der Waals surface area contributed by atoms with Crippen molar-refractivity contribution in [3.05, 3.63) is 87.6 Å². The van der Waals surface area contributed by atoms with Crippen LogP contribution < -0.4 is 5.32 Å². The Hall–Kier alpha value is -2.94. The standard InChI is InChI=1S/C24H23NO2/c1-13(2)16-9-11-17(12-10-16)21-20(15(4)26)14(3)25-23-18-7-5-6-8-19(18)24(27)22(21)23/h5-13,21,25H,1-4H3/t21-/m1/s1. The Labute approximate surface area is 159 Å². The second-order valence-electron chi connectivity index (χ2n) is 7.64. The lowest BCUT2D eigenvalue weighted by Gasteiger charge is -2.29. The molecule has 0 saturated carbocycles. The maximum absolute atomic E-state index is 13.2. The van der Waals surface area contributed by atoms with Crippen molar-refractivity contribution >= 4 is 17.3 Å². The highest BCUT2D eigenvalue weighted by Crippen LogP contribution is 2.46. The van der Waals surface area contributed by atoms with Crippen LogP contribution in [0, 0.1) is 0 Å². The largest absolute Gasteiger partial charge is 0.358 e. The molecule has 1 atom stereocenters. The van der Waals surface area contributed by atoms with Gasteiger partial charge in [0.25, 0.3) is 0 Å². The maximum Gasteiger partial charge on any atom is 0.192 e. The first kappa shape index (κ1) is 17.5. The van der Waals surface area contributed by atoms with Crippen molar-refractivity contribution in [1.82, 2.24) is 5.32 Å². The van der Waals surface area contributed by atoms with Gasteiger partial charge in [0.15, 0.2) is 11.6 Å². The van der Waals surface area contributed by atoms with Crippen molar-refractivity contribution in [2.24, 2.45) is 0 Å². The number of allylic oxidation sites excluding steroid dienone is 3. The molecule has 0 bridgehead atoms. The number of ketones is 2. The molecule has 3 heteroatoms. The number of Topliss-reactive ketones (excluding diaryl/α,β-unsaturated/α-hetero) is 2. The quantitative estimate of drug-likeness (QED) is 0.844. The van der Waals surface area contributed by atoms with Gasteiger partial charge in [0.2, 0.25) is 0 Å². The van der Waals surface area contributed by atoms with Gasteiger partial charge in [0.1, 0.15) is 0 Å². The smallest absolute Gasteiger partial charge is 0.192 e. The minimum absolute atomic E-state index is 0.00626. The van der Waals surface area contributed by atoms with Crippen molar-refractivity contribution in [3.63, 3.8) is 0 Å². The van der Waals surface area contributed by atoms with Crippen LogP contribution in [0.25, 0.3) is 5.70 Å². The van der Waals surface area contributed by atoms with E-state index in [1.807, 2.05) is 31.2 Å². The van der Waals surface area contributed by atoms with E-state index in [0.29, 0.717) is 22.6 Å². The summed E-state index contributed by atoms with van der Waals surface area (Å²) in [5, 5.41) is 3.34. The Morgan fingerprint density at radius 1 is 1.00 bits per heavy atom. The molecule has 1 aliphatic carbocycles. The van der Waals surface area contributed by atoms with Crippen molar-refractivity contribution in [3.8, 4) is 0 Å².